The Balaban J connectivity index is 2.87. The van der Waals surface area contributed by atoms with Gasteiger partial charge in [0.25, 0.3) is 0 Å². The summed E-state index contributed by atoms with van der Waals surface area (Å²) in [6.45, 7) is 4.33. The van der Waals surface area contributed by atoms with Crippen molar-refractivity contribution in [2.24, 2.45) is 0 Å². The van der Waals surface area contributed by atoms with Crippen LogP contribution in [0.25, 0.3) is 0 Å². The van der Waals surface area contributed by atoms with Gasteiger partial charge in [0, 0.05) is 39.2 Å². The fraction of sp³-hybridized carbons (Fsp3) is 0.519. The summed E-state index contributed by atoms with van der Waals surface area (Å²) in [5, 5.41) is 0. The van der Waals surface area contributed by atoms with Crippen molar-refractivity contribution in [3.63, 3.8) is 0 Å². The minimum absolute atomic E-state index is 0.0573. The van der Waals surface area contributed by atoms with Gasteiger partial charge in [0.2, 0.25) is 0 Å². The van der Waals surface area contributed by atoms with Crippen LogP contribution in [0.3, 0.4) is 0 Å². The van der Waals surface area contributed by atoms with E-state index < -0.39 is 29.6 Å². The number of esters is 4. The SMILES string of the molecule is COC(=O)CC[C@H](/C=C/C=C1C(=O)C=C[C@]1(C/C=C\CCCCCOC(C)=O)OC(C)=O)OC(C)=O. The van der Waals surface area contributed by atoms with Crippen molar-refractivity contribution in [1.82, 2.24) is 0 Å². The zero-order valence-corrected chi connectivity index (χ0v) is 21.4. The van der Waals surface area contributed by atoms with Gasteiger partial charge < -0.3 is 18.9 Å². The molecule has 0 aromatic carbocycles. The molecule has 0 aromatic rings. The smallest absolute Gasteiger partial charge is 0.305 e. The summed E-state index contributed by atoms with van der Waals surface area (Å²) >= 11 is 0. The number of hydrogen-bond acceptors (Lipinski definition) is 9. The molecule has 0 amide bonds. The lowest BCUT2D eigenvalue weighted by Crippen LogP contribution is -2.33. The van der Waals surface area contributed by atoms with Crippen LogP contribution >= 0.6 is 0 Å². The number of rotatable bonds is 15. The molecule has 1 aliphatic rings. The molecule has 0 saturated heterocycles. The zero-order chi connectivity index (χ0) is 27.0. The molecule has 0 heterocycles. The number of ketones is 1. The van der Waals surface area contributed by atoms with Crippen LogP contribution in [-0.4, -0.2) is 55.1 Å². The minimum atomic E-state index is -1.23. The van der Waals surface area contributed by atoms with Crippen LogP contribution in [0, 0.1) is 0 Å². The van der Waals surface area contributed by atoms with Crippen LogP contribution in [0.2, 0.25) is 0 Å². The molecule has 0 saturated carbocycles. The maximum Gasteiger partial charge on any atom is 0.305 e. The molecule has 198 valence electrons. The Morgan fingerprint density at radius 1 is 1.00 bits per heavy atom. The highest BCUT2D eigenvalue weighted by atomic mass is 16.6. The van der Waals surface area contributed by atoms with Gasteiger partial charge in [-0.25, -0.2) is 0 Å². The summed E-state index contributed by atoms with van der Waals surface area (Å²) in [6, 6.07) is 0. The summed E-state index contributed by atoms with van der Waals surface area (Å²) in [5.74, 6) is -2.05. The van der Waals surface area contributed by atoms with Crippen LogP contribution in [0.15, 0.2) is 48.1 Å². The van der Waals surface area contributed by atoms with E-state index in [1.54, 1.807) is 18.2 Å². The Morgan fingerprint density at radius 3 is 2.39 bits per heavy atom. The standard InChI is InChI=1S/C27H36O9/c1-20(28)34-19-10-8-6-5-7-9-17-27(36-22(3)30)18-16-25(31)24(27)13-11-12-23(35-21(2)29)14-15-26(32)33-4/h7,9,11-13,16,18,23H,5-6,8,10,14-15,17,19H2,1-4H3/b9-7-,12-11+,24-13?/t23-,27-/m0/s1. The molecular weight excluding hydrogens is 468 g/mol. The van der Waals surface area contributed by atoms with Gasteiger partial charge in [-0.3, -0.25) is 24.0 Å². The van der Waals surface area contributed by atoms with Crippen molar-refractivity contribution < 1.29 is 42.9 Å². The minimum Gasteiger partial charge on any atom is -0.469 e. The second-order valence-corrected chi connectivity index (χ2v) is 8.27. The number of carbonyl (C=O) groups is 5. The van der Waals surface area contributed by atoms with E-state index in [-0.39, 0.29) is 36.6 Å². The fourth-order valence-corrected chi connectivity index (χ4v) is 3.57. The first-order valence-electron chi connectivity index (χ1n) is 11.9. The molecule has 0 radical (unpaired) electrons. The summed E-state index contributed by atoms with van der Waals surface area (Å²) in [6.07, 6.45) is 14.7. The number of methoxy groups -OCH3 is 1. The number of unbranched alkanes of at least 4 members (excludes halogenated alkanes) is 3. The largest absolute Gasteiger partial charge is 0.469 e. The molecule has 9 heteroatoms. The summed E-state index contributed by atoms with van der Waals surface area (Å²) in [5.41, 5.74) is -0.961. The number of allylic oxidation sites excluding steroid dienone is 4. The molecule has 0 aromatic heterocycles. The Kier molecular flexibility index (Phi) is 13.8. The van der Waals surface area contributed by atoms with Crippen LogP contribution in [-0.2, 0) is 42.9 Å². The Morgan fingerprint density at radius 2 is 1.75 bits per heavy atom. The number of carbonyl (C=O) groups excluding carboxylic acids is 5. The lowest BCUT2D eigenvalue weighted by atomic mass is 9.91. The molecule has 9 nitrogen and oxygen atoms in total. The van der Waals surface area contributed by atoms with Gasteiger partial charge in [-0.15, -0.1) is 0 Å². The average Bonchev–Trinajstić information content (AvgIpc) is 3.10. The van der Waals surface area contributed by atoms with Crippen LogP contribution < -0.4 is 0 Å². The van der Waals surface area contributed by atoms with Gasteiger partial charge in [0.15, 0.2) is 11.4 Å². The van der Waals surface area contributed by atoms with Crippen LogP contribution in [0.1, 0.15) is 65.7 Å². The second kappa shape index (κ2) is 16.2. The highest BCUT2D eigenvalue weighted by molar-refractivity contribution is 6.09. The predicted molar refractivity (Wildman–Crippen MR) is 132 cm³/mol. The van der Waals surface area contributed by atoms with E-state index in [2.05, 4.69) is 4.74 Å². The Hall–Kier alpha value is -3.49. The monoisotopic (exact) mass is 504 g/mol. The molecule has 0 aliphatic heterocycles. The maximum atomic E-state index is 12.6. The molecule has 36 heavy (non-hydrogen) atoms. The van der Waals surface area contributed by atoms with Gasteiger partial charge in [-0.2, -0.15) is 0 Å². The molecule has 2 atom stereocenters. The normalized spacial score (nSPS) is 19.1. The van der Waals surface area contributed by atoms with E-state index in [1.165, 1.54) is 40.0 Å². The maximum absolute atomic E-state index is 12.6. The average molecular weight is 505 g/mol. The quantitative estimate of drug-likeness (QED) is 0.108. The van der Waals surface area contributed by atoms with Crippen molar-refractivity contribution in [1.29, 1.82) is 0 Å². The fourth-order valence-electron chi connectivity index (χ4n) is 3.57. The van der Waals surface area contributed by atoms with E-state index in [0.29, 0.717) is 6.61 Å². The van der Waals surface area contributed by atoms with Crippen molar-refractivity contribution in [3.8, 4) is 0 Å². The molecule has 0 unspecified atom stereocenters. The van der Waals surface area contributed by atoms with E-state index in [0.717, 1.165) is 25.7 Å². The Bertz CT molecular complexity index is 910. The van der Waals surface area contributed by atoms with Crippen LogP contribution in [0.4, 0.5) is 0 Å². The first-order valence-corrected chi connectivity index (χ1v) is 11.9. The number of ether oxygens (including phenoxy) is 4. The predicted octanol–water partition coefficient (Wildman–Crippen LogP) is 3.86. The van der Waals surface area contributed by atoms with Gasteiger partial charge in [-0.05, 0) is 50.3 Å². The van der Waals surface area contributed by atoms with Gasteiger partial charge >= 0.3 is 23.9 Å². The summed E-state index contributed by atoms with van der Waals surface area (Å²) < 4.78 is 20.3. The summed E-state index contributed by atoms with van der Waals surface area (Å²) in [7, 11) is 1.27. The molecule has 1 aliphatic carbocycles. The molecular formula is C27H36O9. The third-order valence-corrected chi connectivity index (χ3v) is 5.23. The van der Waals surface area contributed by atoms with E-state index in [9.17, 15) is 24.0 Å². The first-order chi connectivity index (χ1) is 17.1. The van der Waals surface area contributed by atoms with E-state index in [4.69, 9.17) is 14.2 Å². The van der Waals surface area contributed by atoms with Crippen molar-refractivity contribution in [2.75, 3.05) is 13.7 Å². The number of hydrogen-bond donors (Lipinski definition) is 0. The highest BCUT2D eigenvalue weighted by Gasteiger charge is 2.41. The third-order valence-electron chi connectivity index (χ3n) is 5.23. The van der Waals surface area contributed by atoms with Crippen molar-refractivity contribution in [3.05, 3.63) is 48.1 Å². The van der Waals surface area contributed by atoms with Crippen molar-refractivity contribution in [2.45, 2.75) is 77.4 Å². The summed E-state index contributed by atoms with van der Waals surface area (Å²) in [4.78, 5) is 58.0. The van der Waals surface area contributed by atoms with Crippen molar-refractivity contribution >= 4 is 29.7 Å². The van der Waals surface area contributed by atoms with E-state index >= 15 is 0 Å². The molecule has 0 spiro atoms. The van der Waals surface area contributed by atoms with Gasteiger partial charge in [-0.1, -0.05) is 24.3 Å². The molecule has 0 bridgehead atoms. The van der Waals surface area contributed by atoms with Gasteiger partial charge in [0.1, 0.15) is 6.10 Å². The third kappa shape index (κ3) is 11.8. The van der Waals surface area contributed by atoms with E-state index in [1.807, 2.05) is 12.2 Å². The lowest BCUT2D eigenvalue weighted by Gasteiger charge is -2.27. The second-order valence-electron chi connectivity index (χ2n) is 8.27. The zero-order valence-electron chi connectivity index (χ0n) is 21.4. The Labute approximate surface area is 212 Å². The van der Waals surface area contributed by atoms with Crippen LogP contribution in [0.5, 0.6) is 0 Å². The van der Waals surface area contributed by atoms with Gasteiger partial charge in [0.05, 0.1) is 13.7 Å². The first kappa shape index (κ1) is 30.5. The molecule has 0 fully saturated rings. The molecule has 0 N–H and O–H groups in total. The lowest BCUT2D eigenvalue weighted by molar-refractivity contribution is -0.149. The topological polar surface area (TPSA) is 122 Å². The molecule has 1 rings (SSSR count). The highest BCUT2D eigenvalue weighted by Crippen LogP contribution is 2.34.